The first kappa shape index (κ1) is 22.7. The number of amides is 1. The van der Waals surface area contributed by atoms with Crippen molar-refractivity contribution < 1.29 is 9.53 Å². The minimum absolute atomic E-state index is 0. The highest BCUT2D eigenvalue weighted by atomic mass is 35.5. The lowest BCUT2D eigenvalue weighted by Gasteiger charge is -2.08. The van der Waals surface area contributed by atoms with Gasteiger partial charge < -0.3 is 15.8 Å². The zero-order valence-corrected chi connectivity index (χ0v) is 17.5. The van der Waals surface area contributed by atoms with Crippen LogP contribution in [0.3, 0.4) is 0 Å². The third kappa shape index (κ3) is 6.45. The van der Waals surface area contributed by atoms with Crippen molar-refractivity contribution in [3.63, 3.8) is 0 Å². The van der Waals surface area contributed by atoms with E-state index in [1.807, 2.05) is 43.3 Å². The number of anilines is 1. The molecule has 3 aromatic rings. The summed E-state index contributed by atoms with van der Waals surface area (Å²) in [6.45, 7) is 2.69. The van der Waals surface area contributed by atoms with Gasteiger partial charge in [0.15, 0.2) is 5.82 Å². The van der Waals surface area contributed by atoms with Gasteiger partial charge in [-0.25, -0.2) is 4.98 Å². The molecule has 1 amide bonds. The molecule has 0 fully saturated rings. The van der Waals surface area contributed by atoms with E-state index in [1.165, 1.54) is 0 Å². The number of nitrogens with zero attached hydrogens (tertiary/aromatic N) is 2. The molecule has 0 unspecified atom stereocenters. The number of hydrogen-bond donors (Lipinski definition) is 3. The van der Waals surface area contributed by atoms with Crippen LogP contribution in [0.4, 0.5) is 5.69 Å². The summed E-state index contributed by atoms with van der Waals surface area (Å²) in [5, 5.41) is 10.5. The lowest BCUT2D eigenvalue weighted by Crippen LogP contribution is -2.12. The lowest BCUT2D eigenvalue weighted by atomic mass is 10.2. The summed E-state index contributed by atoms with van der Waals surface area (Å²) in [4.78, 5) is 16.4. The first-order chi connectivity index (χ1) is 13.5. The molecular formula is C20H23Cl2N5O2. The Bertz CT molecular complexity index is 944. The Hall–Kier alpha value is -2.61. The highest BCUT2D eigenvalue weighted by molar-refractivity contribution is 6.31. The van der Waals surface area contributed by atoms with E-state index >= 15 is 0 Å². The lowest BCUT2D eigenvalue weighted by molar-refractivity contribution is -0.116. The summed E-state index contributed by atoms with van der Waals surface area (Å²) >= 11 is 5.99. The number of hydrogen-bond acceptors (Lipinski definition) is 5. The molecule has 0 saturated heterocycles. The fourth-order valence-electron chi connectivity index (χ4n) is 2.57. The van der Waals surface area contributed by atoms with E-state index in [0.29, 0.717) is 42.7 Å². The van der Waals surface area contributed by atoms with Crippen LogP contribution >= 0.6 is 24.0 Å². The van der Waals surface area contributed by atoms with Crippen LogP contribution in [-0.2, 0) is 11.3 Å². The summed E-state index contributed by atoms with van der Waals surface area (Å²) in [5.41, 5.74) is 8.05. The van der Waals surface area contributed by atoms with E-state index < -0.39 is 0 Å². The van der Waals surface area contributed by atoms with Crippen molar-refractivity contribution in [1.82, 2.24) is 15.2 Å². The second-order valence-corrected chi connectivity index (χ2v) is 6.71. The largest absolute Gasteiger partial charge is 0.494 e. The van der Waals surface area contributed by atoms with Crippen molar-refractivity contribution in [2.75, 3.05) is 11.9 Å². The Morgan fingerprint density at radius 2 is 2.00 bits per heavy atom. The molecule has 4 N–H and O–H groups in total. The number of carbonyl (C=O) groups is 1. The Kier molecular flexibility index (Phi) is 8.45. The Labute approximate surface area is 180 Å². The molecule has 1 heterocycles. The molecule has 0 aliphatic heterocycles. The van der Waals surface area contributed by atoms with Crippen LogP contribution in [0, 0.1) is 6.92 Å². The topological polar surface area (TPSA) is 106 Å². The van der Waals surface area contributed by atoms with Gasteiger partial charge in [-0.3, -0.25) is 9.89 Å². The molecular weight excluding hydrogens is 413 g/mol. The Morgan fingerprint density at radius 3 is 2.66 bits per heavy atom. The zero-order chi connectivity index (χ0) is 19.9. The van der Waals surface area contributed by atoms with Gasteiger partial charge in [0.05, 0.1) is 13.2 Å². The fraction of sp³-hybridized carbons (Fsp3) is 0.250. The van der Waals surface area contributed by atoms with Crippen LogP contribution in [0.15, 0.2) is 42.5 Å². The van der Waals surface area contributed by atoms with Crippen molar-refractivity contribution in [2.45, 2.75) is 26.3 Å². The second kappa shape index (κ2) is 10.8. The molecule has 9 heteroatoms. The molecule has 0 aliphatic rings. The maximum atomic E-state index is 12.1. The predicted molar refractivity (Wildman–Crippen MR) is 117 cm³/mol. The molecule has 3 rings (SSSR count). The molecule has 0 spiro atoms. The van der Waals surface area contributed by atoms with Gasteiger partial charge in [0.2, 0.25) is 5.91 Å². The molecule has 0 bridgehead atoms. The van der Waals surface area contributed by atoms with Crippen molar-refractivity contribution in [1.29, 1.82) is 0 Å². The normalized spacial score (nSPS) is 10.3. The minimum atomic E-state index is -0.0630. The number of nitrogens with two attached hydrogens (primary N) is 1. The average Bonchev–Trinajstić information content (AvgIpc) is 3.18. The van der Waals surface area contributed by atoms with Gasteiger partial charge >= 0.3 is 0 Å². The van der Waals surface area contributed by atoms with E-state index in [-0.39, 0.29) is 18.3 Å². The third-order valence-electron chi connectivity index (χ3n) is 4.10. The number of aromatic nitrogens is 3. The Balaban J connectivity index is 0.00000300. The van der Waals surface area contributed by atoms with Gasteiger partial charge in [0.1, 0.15) is 11.6 Å². The number of benzene rings is 2. The summed E-state index contributed by atoms with van der Waals surface area (Å²) in [5.74, 6) is 1.89. The average molecular weight is 436 g/mol. The van der Waals surface area contributed by atoms with E-state index in [9.17, 15) is 4.79 Å². The maximum absolute atomic E-state index is 12.1. The standard InChI is InChI=1S/C20H22ClN5O2.ClH/c1-13-11-16(8-9-17(13)21)28-10-2-3-19(27)23-15-6-4-14(5-7-15)20-24-18(12-22)25-26-20;/h4-9,11H,2-3,10,12,22H2,1H3,(H,23,27)(H,24,25,26);1H. The molecule has 0 radical (unpaired) electrons. The molecule has 1 aromatic heterocycles. The molecule has 154 valence electrons. The van der Waals surface area contributed by atoms with Crippen LogP contribution in [-0.4, -0.2) is 27.7 Å². The Morgan fingerprint density at radius 1 is 1.24 bits per heavy atom. The molecule has 0 atom stereocenters. The van der Waals surface area contributed by atoms with Crippen molar-refractivity contribution in [2.24, 2.45) is 5.73 Å². The number of H-pyrrole nitrogens is 1. The van der Waals surface area contributed by atoms with Crippen LogP contribution < -0.4 is 15.8 Å². The third-order valence-corrected chi connectivity index (χ3v) is 4.52. The zero-order valence-electron chi connectivity index (χ0n) is 15.9. The van der Waals surface area contributed by atoms with Gasteiger partial charge in [-0.2, -0.15) is 5.10 Å². The number of halogens is 2. The van der Waals surface area contributed by atoms with Crippen LogP contribution in [0.5, 0.6) is 5.75 Å². The van der Waals surface area contributed by atoms with Crippen molar-refractivity contribution in [3.8, 4) is 17.1 Å². The highest BCUT2D eigenvalue weighted by Crippen LogP contribution is 2.21. The smallest absolute Gasteiger partial charge is 0.224 e. The first-order valence-corrected chi connectivity index (χ1v) is 9.33. The molecule has 0 saturated carbocycles. The molecule has 29 heavy (non-hydrogen) atoms. The monoisotopic (exact) mass is 435 g/mol. The van der Waals surface area contributed by atoms with Crippen molar-refractivity contribution >= 4 is 35.6 Å². The molecule has 0 aliphatic carbocycles. The number of nitrogens with one attached hydrogen (secondary N) is 2. The number of aryl methyl sites for hydroxylation is 1. The summed E-state index contributed by atoms with van der Waals surface area (Å²) in [6.07, 6.45) is 0.986. The van der Waals surface area contributed by atoms with Crippen LogP contribution in [0.2, 0.25) is 5.02 Å². The SMILES string of the molecule is Cc1cc(OCCCC(=O)Nc2ccc(-c3n[nH]c(CN)n3)cc2)ccc1Cl.Cl. The second-order valence-electron chi connectivity index (χ2n) is 6.30. The van der Waals surface area contributed by atoms with E-state index in [4.69, 9.17) is 22.1 Å². The van der Waals surface area contributed by atoms with Crippen LogP contribution in [0.25, 0.3) is 11.4 Å². The summed E-state index contributed by atoms with van der Waals surface area (Å²) < 4.78 is 5.65. The van der Waals surface area contributed by atoms with Gasteiger partial charge in [-0.1, -0.05) is 11.6 Å². The number of aromatic amines is 1. The van der Waals surface area contributed by atoms with Gasteiger partial charge in [0, 0.05) is 22.7 Å². The van der Waals surface area contributed by atoms with Crippen molar-refractivity contribution in [3.05, 3.63) is 58.9 Å². The first-order valence-electron chi connectivity index (χ1n) is 8.96. The van der Waals surface area contributed by atoms with Crippen LogP contribution in [0.1, 0.15) is 24.2 Å². The highest BCUT2D eigenvalue weighted by Gasteiger charge is 2.07. The molecule has 7 nitrogen and oxygen atoms in total. The van der Waals surface area contributed by atoms with Gasteiger partial charge in [-0.15, -0.1) is 12.4 Å². The van der Waals surface area contributed by atoms with Gasteiger partial charge in [0.25, 0.3) is 0 Å². The number of ether oxygens (including phenoxy) is 1. The van der Waals surface area contributed by atoms with E-state index in [2.05, 4.69) is 20.5 Å². The summed E-state index contributed by atoms with van der Waals surface area (Å²) in [6, 6.07) is 12.8. The number of carbonyl (C=O) groups excluding carboxylic acids is 1. The number of rotatable bonds is 8. The van der Waals surface area contributed by atoms with Gasteiger partial charge in [-0.05, 0) is 61.4 Å². The fourth-order valence-corrected chi connectivity index (χ4v) is 2.69. The van der Waals surface area contributed by atoms with E-state index in [0.717, 1.165) is 22.6 Å². The minimum Gasteiger partial charge on any atom is -0.494 e. The maximum Gasteiger partial charge on any atom is 0.224 e. The predicted octanol–water partition coefficient (Wildman–Crippen LogP) is 4.11. The van der Waals surface area contributed by atoms with E-state index in [1.54, 1.807) is 6.07 Å². The molecule has 2 aromatic carbocycles. The summed E-state index contributed by atoms with van der Waals surface area (Å²) in [7, 11) is 0. The quantitative estimate of drug-likeness (QED) is 0.461.